The highest BCUT2D eigenvalue weighted by atomic mass is 32.2. The normalized spacial score (nSPS) is 26.7. The summed E-state index contributed by atoms with van der Waals surface area (Å²) >= 11 is 2.06. The zero-order valence-corrected chi connectivity index (χ0v) is 14.9. The highest BCUT2D eigenvalue weighted by Gasteiger charge is 2.36. The van der Waals surface area contributed by atoms with E-state index >= 15 is 0 Å². The maximum Gasteiger partial charge on any atom is 0.0279 e. The second-order valence-electron chi connectivity index (χ2n) is 7.20. The molecular weight excluding hydrogens is 252 g/mol. The van der Waals surface area contributed by atoms with Crippen molar-refractivity contribution in [3.05, 3.63) is 0 Å². The van der Waals surface area contributed by atoms with E-state index in [0.29, 0.717) is 22.2 Å². The number of nitrogens with one attached hydrogen (secondary N) is 1. The summed E-state index contributed by atoms with van der Waals surface area (Å²) in [4.78, 5) is 2.72. The molecule has 1 rings (SSSR count). The van der Waals surface area contributed by atoms with Crippen LogP contribution < -0.4 is 5.32 Å². The highest BCUT2D eigenvalue weighted by molar-refractivity contribution is 8.00. The molecule has 0 aromatic heterocycles. The maximum atomic E-state index is 3.73. The molecule has 3 heteroatoms. The van der Waals surface area contributed by atoms with E-state index < -0.39 is 0 Å². The summed E-state index contributed by atoms with van der Waals surface area (Å²) in [5.41, 5.74) is 0.346. The van der Waals surface area contributed by atoms with Crippen LogP contribution in [0.5, 0.6) is 0 Å². The predicted molar refractivity (Wildman–Crippen MR) is 89.1 cm³/mol. The summed E-state index contributed by atoms with van der Waals surface area (Å²) in [6, 6.07) is 1.26. The molecule has 1 fully saturated rings. The van der Waals surface area contributed by atoms with Crippen molar-refractivity contribution >= 4 is 11.8 Å². The van der Waals surface area contributed by atoms with Gasteiger partial charge in [0, 0.05) is 36.5 Å². The van der Waals surface area contributed by atoms with Crippen LogP contribution in [0.25, 0.3) is 0 Å². The van der Waals surface area contributed by atoms with E-state index in [-0.39, 0.29) is 0 Å². The van der Waals surface area contributed by atoms with Gasteiger partial charge in [0.15, 0.2) is 0 Å². The molecule has 0 bridgehead atoms. The fraction of sp³-hybridized carbons (Fsp3) is 1.00. The number of hydrogen-bond acceptors (Lipinski definition) is 3. The molecule has 1 aliphatic heterocycles. The van der Waals surface area contributed by atoms with Crippen LogP contribution in [0.15, 0.2) is 0 Å². The lowest BCUT2D eigenvalue weighted by Crippen LogP contribution is -2.61. The van der Waals surface area contributed by atoms with E-state index in [9.17, 15) is 0 Å². The van der Waals surface area contributed by atoms with Gasteiger partial charge in [-0.2, -0.15) is 11.8 Å². The van der Waals surface area contributed by atoms with E-state index in [0.717, 1.165) is 6.54 Å². The molecule has 1 heterocycles. The summed E-state index contributed by atoms with van der Waals surface area (Å²) in [5.74, 6) is 0. The average molecular weight is 287 g/mol. The van der Waals surface area contributed by atoms with Crippen molar-refractivity contribution in [1.82, 2.24) is 10.2 Å². The van der Waals surface area contributed by atoms with Gasteiger partial charge in [0.25, 0.3) is 0 Å². The summed E-state index contributed by atoms with van der Waals surface area (Å²) in [5, 5.41) is 3.73. The van der Waals surface area contributed by atoms with Crippen molar-refractivity contribution in [2.45, 2.75) is 71.2 Å². The quantitative estimate of drug-likeness (QED) is 0.831. The third kappa shape index (κ3) is 4.37. The Morgan fingerprint density at radius 1 is 1.21 bits per heavy atom. The van der Waals surface area contributed by atoms with Crippen LogP contribution >= 0.6 is 11.8 Å². The van der Waals surface area contributed by atoms with Gasteiger partial charge in [0.1, 0.15) is 0 Å². The molecule has 0 saturated carbocycles. The molecule has 1 aliphatic rings. The van der Waals surface area contributed by atoms with Crippen LogP contribution in [0.1, 0.15) is 54.4 Å². The minimum absolute atomic E-state index is 0.346. The first kappa shape index (κ1) is 17.3. The van der Waals surface area contributed by atoms with Crippen molar-refractivity contribution in [2.75, 3.05) is 25.9 Å². The van der Waals surface area contributed by atoms with Gasteiger partial charge in [0.05, 0.1) is 0 Å². The Kier molecular flexibility index (Phi) is 6.22. The summed E-state index contributed by atoms with van der Waals surface area (Å²) in [6.45, 7) is 17.6. The number of piperazine rings is 1. The van der Waals surface area contributed by atoms with Crippen molar-refractivity contribution in [3.8, 4) is 0 Å². The van der Waals surface area contributed by atoms with E-state index in [1.807, 2.05) is 0 Å². The molecule has 0 aliphatic carbocycles. The van der Waals surface area contributed by atoms with E-state index in [2.05, 4.69) is 69.8 Å². The molecule has 1 saturated heterocycles. The Hall–Kier alpha value is 0.270. The molecule has 0 aromatic carbocycles. The summed E-state index contributed by atoms with van der Waals surface area (Å²) in [6.07, 6.45) is 4.81. The van der Waals surface area contributed by atoms with E-state index in [4.69, 9.17) is 0 Å². The fourth-order valence-electron chi connectivity index (χ4n) is 2.92. The molecule has 0 radical (unpaired) electrons. The van der Waals surface area contributed by atoms with Crippen LogP contribution in [0, 0.1) is 5.41 Å². The Bertz CT molecular complexity index is 260. The highest BCUT2D eigenvalue weighted by Crippen LogP contribution is 2.33. The number of nitrogens with zero attached hydrogens (tertiary/aromatic N) is 1. The van der Waals surface area contributed by atoms with Crippen LogP contribution in [0.2, 0.25) is 0 Å². The van der Waals surface area contributed by atoms with Crippen LogP contribution in [-0.4, -0.2) is 47.6 Å². The van der Waals surface area contributed by atoms with Gasteiger partial charge in [-0.3, -0.25) is 4.90 Å². The van der Waals surface area contributed by atoms with Gasteiger partial charge in [-0.05, 0) is 31.4 Å². The molecule has 1 N–H and O–H groups in total. The minimum Gasteiger partial charge on any atom is -0.311 e. The SMILES string of the molecule is CCC(CC)(CN1CC(C(C)(C)C)NCC1C)SC. The molecule has 2 unspecified atom stereocenters. The van der Waals surface area contributed by atoms with Crippen LogP contribution in [0.4, 0.5) is 0 Å². The number of rotatable bonds is 5. The van der Waals surface area contributed by atoms with Crippen LogP contribution in [-0.2, 0) is 0 Å². The van der Waals surface area contributed by atoms with Crippen molar-refractivity contribution in [3.63, 3.8) is 0 Å². The number of thioether (sulfide) groups is 1. The minimum atomic E-state index is 0.346. The first-order valence-electron chi connectivity index (χ1n) is 7.80. The fourth-order valence-corrected chi connectivity index (χ4v) is 3.79. The lowest BCUT2D eigenvalue weighted by molar-refractivity contribution is 0.0836. The maximum absolute atomic E-state index is 3.73. The van der Waals surface area contributed by atoms with Gasteiger partial charge in [-0.1, -0.05) is 34.6 Å². The molecule has 0 amide bonds. The first-order chi connectivity index (χ1) is 8.78. The topological polar surface area (TPSA) is 15.3 Å². The Labute approximate surface area is 125 Å². The first-order valence-corrected chi connectivity index (χ1v) is 9.03. The van der Waals surface area contributed by atoms with Crippen molar-refractivity contribution in [2.24, 2.45) is 5.41 Å². The Morgan fingerprint density at radius 3 is 2.21 bits per heavy atom. The van der Waals surface area contributed by atoms with Gasteiger partial charge >= 0.3 is 0 Å². The molecule has 2 atom stereocenters. The molecule has 19 heavy (non-hydrogen) atoms. The second-order valence-corrected chi connectivity index (χ2v) is 8.47. The lowest BCUT2D eigenvalue weighted by atomic mass is 9.84. The molecule has 2 nitrogen and oxygen atoms in total. The molecule has 0 spiro atoms. The monoisotopic (exact) mass is 286 g/mol. The molecular formula is C16H34N2S. The third-order valence-corrected chi connectivity index (χ3v) is 6.53. The van der Waals surface area contributed by atoms with E-state index in [1.54, 1.807) is 0 Å². The summed E-state index contributed by atoms with van der Waals surface area (Å²) in [7, 11) is 0. The van der Waals surface area contributed by atoms with Gasteiger partial charge in [0.2, 0.25) is 0 Å². The van der Waals surface area contributed by atoms with Gasteiger partial charge < -0.3 is 5.32 Å². The van der Waals surface area contributed by atoms with Crippen molar-refractivity contribution < 1.29 is 0 Å². The summed E-state index contributed by atoms with van der Waals surface area (Å²) < 4.78 is 0.439. The average Bonchev–Trinajstić information content (AvgIpc) is 2.37. The second kappa shape index (κ2) is 6.82. The largest absolute Gasteiger partial charge is 0.311 e. The predicted octanol–water partition coefficient (Wildman–Crippen LogP) is 3.62. The lowest BCUT2D eigenvalue weighted by Gasteiger charge is -2.47. The number of hydrogen-bond donors (Lipinski definition) is 1. The van der Waals surface area contributed by atoms with Crippen molar-refractivity contribution in [1.29, 1.82) is 0 Å². The molecule has 0 aromatic rings. The van der Waals surface area contributed by atoms with E-state index in [1.165, 1.54) is 25.9 Å². The zero-order valence-electron chi connectivity index (χ0n) is 14.0. The Morgan fingerprint density at radius 2 is 1.79 bits per heavy atom. The van der Waals surface area contributed by atoms with Gasteiger partial charge in [-0.25, -0.2) is 0 Å². The van der Waals surface area contributed by atoms with Gasteiger partial charge in [-0.15, -0.1) is 0 Å². The third-order valence-electron chi connectivity index (χ3n) is 4.96. The molecule has 114 valence electrons. The smallest absolute Gasteiger partial charge is 0.0279 e. The van der Waals surface area contributed by atoms with Crippen LogP contribution in [0.3, 0.4) is 0 Å². The standard InChI is InChI=1S/C16H34N2S/c1-8-16(9-2,19-7)12-18-11-14(15(4,5)6)17-10-13(18)3/h13-14,17H,8-12H2,1-7H3. The zero-order chi connectivity index (χ0) is 14.7. The Balaban J connectivity index is 2.74.